The van der Waals surface area contributed by atoms with E-state index >= 15 is 0 Å². The van der Waals surface area contributed by atoms with Gasteiger partial charge < -0.3 is 15.1 Å². The van der Waals surface area contributed by atoms with Crippen molar-refractivity contribution in [1.29, 1.82) is 0 Å². The van der Waals surface area contributed by atoms with Crippen molar-refractivity contribution in [2.24, 2.45) is 0 Å². The second kappa shape index (κ2) is 6.04. The quantitative estimate of drug-likeness (QED) is 0.651. The van der Waals surface area contributed by atoms with Crippen LogP contribution in [-0.2, 0) is 0 Å². The van der Waals surface area contributed by atoms with Crippen molar-refractivity contribution in [3.8, 4) is 0 Å². The van der Waals surface area contributed by atoms with E-state index in [2.05, 4.69) is 20.1 Å². The summed E-state index contributed by atoms with van der Waals surface area (Å²) in [6.07, 6.45) is 2.09. The van der Waals surface area contributed by atoms with Crippen LogP contribution in [0.1, 0.15) is 12.8 Å². The Morgan fingerprint density at radius 3 is 2.90 bits per heavy atom. The summed E-state index contributed by atoms with van der Waals surface area (Å²) in [7, 11) is 5.80. The molecule has 1 aliphatic heterocycles. The van der Waals surface area contributed by atoms with Crippen molar-refractivity contribution < 1.29 is 4.92 Å². The molecule has 1 N–H and O–H groups in total. The molecule has 1 aliphatic rings. The van der Waals surface area contributed by atoms with Crippen LogP contribution in [0.3, 0.4) is 0 Å². The van der Waals surface area contributed by atoms with Gasteiger partial charge in [0.1, 0.15) is 5.82 Å². The first-order valence-corrected chi connectivity index (χ1v) is 6.77. The smallest absolute Gasteiger partial charge is 0.311 e. The van der Waals surface area contributed by atoms with Crippen molar-refractivity contribution in [3.63, 3.8) is 0 Å². The van der Waals surface area contributed by atoms with E-state index < -0.39 is 0 Å². The van der Waals surface area contributed by atoms with Gasteiger partial charge >= 0.3 is 5.69 Å². The molecule has 0 saturated carbocycles. The van der Waals surface area contributed by atoms with Crippen molar-refractivity contribution in [2.45, 2.75) is 18.9 Å². The summed E-state index contributed by atoms with van der Waals surface area (Å²) in [5, 5.41) is 14.2. The lowest BCUT2D eigenvalue weighted by Gasteiger charge is -2.27. The van der Waals surface area contributed by atoms with Gasteiger partial charge in [-0.05, 0) is 33.0 Å². The van der Waals surface area contributed by atoms with E-state index in [1.54, 1.807) is 13.1 Å². The molecule has 7 nitrogen and oxygen atoms in total. The first kappa shape index (κ1) is 14.5. The molecule has 1 fully saturated rings. The van der Waals surface area contributed by atoms with Crippen molar-refractivity contribution in [1.82, 2.24) is 9.88 Å². The average molecular weight is 279 g/mol. The molecule has 7 heteroatoms. The largest absolute Gasteiger partial charge is 0.373 e. The van der Waals surface area contributed by atoms with Gasteiger partial charge in [-0.3, -0.25) is 10.1 Å². The third-order valence-electron chi connectivity index (χ3n) is 3.53. The highest BCUT2D eigenvalue weighted by atomic mass is 16.6. The molecule has 110 valence electrons. The standard InChI is InChI=1S/C13H21N5O2/c1-14-12-7-6-11(18(19)20)13(15-12)17-8-4-5-10(17)9-16(2)3/h6-7,10H,4-5,8-9H2,1-3H3,(H,14,15). The molecular formula is C13H21N5O2. The minimum Gasteiger partial charge on any atom is -0.373 e. The van der Waals surface area contributed by atoms with Gasteiger partial charge in [-0.25, -0.2) is 4.98 Å². The predicted molar refractivity (Wildman–Crippen MR) is 79.4 cm³/mol. The van der Waals surface area contributed by atoms with Gasteiger partial charge in [0.25, 0.3) is 0 Å². The number of aromatic nitrogens is 1. The first-order valence-electron chi connectivity index (χ1n) is 6.77. The van der Waals surface area contributed by atoms with Gasteiger partial charge in [-0.2, -0.15) is 0 Å². The van der Waals surface area contributed by atoms with Gasteiger partial charge in [-0.1, -0.05) is 0 Å². The second-order valence-electron chi connectivity index (χ2n) is 5.30. The highest BCUT2D eigenvalue weighted by Gasteiger charge is 2.31. The molecule has 2 rings (SSSR count). The molecule has 0 radical (unpaired) electrons. The van der Waals surface area contributed by atoms with Crippen molar-refractivity contribution in [3.05, 3.63) is 22.2 Å². The molecule has 1 atom stereocenters. The summed E-state index contributed by atoms with van der Waals surface area (Å²) in [6.45, 7) is 1.70. The number of hydrogen-bond donors (Lipinski definition) is 1. The molecule has 0 spiro atoms. The molecule has 1 aromatic heterocycles. The van der Waals surface area contributed by atoms with E-state index in [4.69, 9.17) is 0 Å². The number of likely N-dealkylation sites (N-methyl/N-ethyl adjacent to an activating group) is 1. The van der Waals surface area contributed by atoms with E-state index in [0.717, 1.165) is 25.9 Å². The van der Waals surface area contributed by atoms with Gasteiger partial charge in [-0.15, -0.1) is 0 Å². The van der Waals surface area contributed by atoms with Crippen molar-refractivity contribution >= 4 is 17.3 Å². The molecule has 0 aromatic carbocycles. The Morgan fingerprint density at radius 1 is 1.55 bits per heavy atom. The Morgan fingerprint density at radius 2 is 2.30 bits per heavy atom. The van der Waals surface area contributed by atoms with Gasteiger partial charge in [0, 0.05) is 32.2 Å². The molecule has 0 amide bonds. The Labute approximate surface area is 118 Å². The molecule has 1 saturated heterocycles. The van der Waals surface area contributed by atoms with Crippen LogP contribution in [0.2, 0.25) is 0 Å². The molecule has 20 heavy (non-hydrogen) atoms. The number of nitro groups is 1. The number of nitrogens with one attached hydrogen (secondary N) is 1. The highest BCUT2D eigenvalue weighted by Crippen LogP contribution is 2.33. The maximum absolute atomic E-state index is 11.2. The normalized spacial score (nSPS) is 18.6. The van der Waals surface area contributed by atoms with E-state index in [1.807, 2.05) is 14.1 Å². The number of anilines is 2. The summed E-state index contributed by atoms with van der Waals surface area (Å²) in [5.41, 5.74) is 0.0784. The topological polar surface area (TPSA) is 74.5 Å². The molecule has 1 unspecified atom stereocenters. The fraction of sp³-hybridized carbons (Fsp3) is 0.615. The summed E-state index contributed by atoms with van der Waals surface area (Å²) >= 11 is 0. The van der Waals surface area contributed by atoms with Crippen LogP contribution >= 0.6 is 0 Å². The fourth-order valence-corrected chi connectivity index (χ4v) is 2.66. The Hall–Kier alpha value is -1.89. The second-order valence-corrected chi connectivity index (χ2v) is 5.30. The first-order chi connectivity index (χ1) is 9.52. The van der Waals surface area contributed by atoms with Gasteiger partial charge in [0.2, 0.25) is 5.82 Å². The lowest BCUT2D eigenvalue weighted by Crippen LogP contribution is -2.38. The SMILES string of the molecule is CNc1ccc([N+](=O)[O-])c(N2CCCC2CN(C)C)n1. The third kappa shape index (κ3) is 2.98. The van der Waals surface area contributed by atoms with Crippen LogP contribution < -0.4 is 10.2 Å². The predicted octanol–water partition coefficient (Wildman–Crippen LogP) is 1.56. The molecule has 2 heterocycles. The highest BCUT2D eigenvalue weighted by molar-refractivity contribution is 5.62. The fourth-order valence-electron chi connectivity index (χ4n) is 2.66. The summed E-state index contributed by atoms with van der Waals surface area (Å²) < 4.78 is 0. The molecule has 1 aromatic rings. The summed E-state index contributed by atoms with van der Waals surface area (Å²) in [6, 6.07) is 3.45. The van der Waals surface area contributed by atoms with E-state index in [1.165, 1.54) is 6.07 Å². The van der Waals surface area contributed by atoms with Crippen molar-refractivity contribution in [2.75, 3.05) is 44.4 Å². The average Bonchev–Trinajstić information content (AvgIpc) is 2.85. The maximum Gasteiger partial charge on any atom is 0.311 e. The Balaban J connectivity index is 2.36. The monoisotopic (exact) mass is 279 g/mol. The lowest BCUT2D eigenvalue weighted by atomic mass is 10.2. The van der Waals surface area contributed by atoms with Crippen LogP contribution in [0.5, 0.6) is 0 Å². The van der Waals surface area contributed by atoms with Crippen LogP contribution in [0.4, 0.5) is 17.3 Å². The number of hydrogen-bond acceptors (Lipinski definition) is 6. The summed E-state index contributed by atoms with van der Waals surface area (Å²) in [4.78, 5) is 19.4. The number of rotatable bonds is 5. The Kier molecular flexibility index (Phi) is 4.39. The maximum atomic E-state index is 11.2. The minimum atomic E-state index is -0.354. The van der Waals surface area contributed by atoms with E-state index in [-0.39, 0.29) is 16.7 Å². The summed E-state index contributed by atoms with van der Waals surface area (Å²) in [5.74, 6) is 1.13. The van der Waals surface area contributed by atoms with Gasteiger partial charge in [0.15, 0.2) is 0 Å². The molecular weight excluding hydrogens is 258 g/mol. The molecule has 0 aliphatic carbocycles. The number of pyridine rings is 1. The zero-order valence-electron chi connectivity index (χ0n) is 12.2. The third-order valence-corrected chi connectivity index (χ3v) is 3.53. The number of nitrogens with zero attached hydrogens (tertiary/aromatic N) is 4. The minimum absolute atomic E-state index is 0.0784. The molecule has 0 bridgehead atoms. The Bertz CT molecular complexity index is 492. The van der Waals surface area contributed by atoms with Crippen LogP contribution in [0.15, 0.2) is 12.1 Å². The van der Waals surface area contributed by atoms with E-state index in [9.17, 15) is 10.1 Å². The van der Waals surface area contributed by atoms with E-state index in [0.29, 0.717) is 11.6 Å². The zero-order valence-corrected chi connectivity index (χ0v) is 12.2. The lowest BCUT2D eigenvalue weighted by molar-refractivity contribution is -0.384. The van der Waals surface area contributed by atoms with Gasteiger partial charge in [0.05, 0.1) is 4.92 Å². The zero-order chi connectivity index (χ0) is 14.7. The van der Waals surface area contributed by atoms with Crippen LogP contribution in [-0.4, -0.2) is 55.1 Å². The van der Waals surface area contributed by atoms with Crippen LogP contribution in [0, 0.1) is 10.1 Å². The van der Waals surface area contributed by atoms with Crippen LogP contribution in [0.25, 0.3) is 0 Å².